The summed E-state index contributed by atoms with van der Waals surface area (Å²) in [6.45, 7) is 0.811. The molecule has 24 heavy (non-hydrogen) atoms. The van der Waals surface area contributed by atoms with E-state index in [9.17, 15) is 21.6 Å². The summed E-state index contributed by atoms with van der Waals surface area (Å²) in [4.78, 5) is 4.31. The fraction of sp³-hybridized carbons (Fsp3) is 0.500. The number of nitrogens with two attached hydrogens (primary N) is 1. The second kappa shape index (κ2) is 7.18. The Kier molecular flexibility index (Phi) is 5.63. The van der Waals surface area contributed by atoms with E-state index < -0.39 is 15.5 Å². The van der Waals surface area contributed by atoms with E-state index >= 15 is 0 Å². The van der Waals surface area contributed by atoms with Crippen LogP contribution >= 0.6 is 0 Å². The summed E-state index contributed by atoms with van der Waals surface area (Å²) in [5, 5.41) is 0. The van der Waals surface area contributed by atoms with Crippen LogP contribution in [0.15, 0.2) is 41.3 Å². The topological polar surface area (TPSA) is 84.5 Å². The van der Waals surface area contributed by atoms with Gasteiger partial charge >= 0.3 is 15.5 Å². The minimum atomic E-state index is -5.27. The maximum Gasteiger partial charge on any atom is 0.511 e. The molecule has 1 unspecified atom stereocenters. The molecule has 2 rings (SSSR count). The summed E-state index contributed by atoms with van der Waals surface area (Å²) in [6.07, 6.45) is 11.0. The Morgan fingerprint density at radius 3 is 2.67 bits per heavy atom. The molecule has 0 fully saturated rings. The van der Waals surface area contributed by atoms with E-state index in [1.807, 2.05) is 24.4 Å². The first-order chi connectivity index (χ1) is 11.2. The smallest absolute Gasteiger partial charge is 0.322 e. The molecule has 2 heterocycles. The zero-order valence-corrected chi connectivity index (χ0v) is 13.8. The number of aliphatic imine (C=N–C) groups is 1. The Morgan fingerprint density at radius 2 is 2.00 bits per heavy atom. The summed E-state index contributed by atoms with van der Waals surface area (Å²) in [5.74, 6) is 0.857. The van der Waals surface area contributed by atoms with E-state index in [0.29, 0.717) is 36.8 Å². The van der Waals surface area contributed by atoms with Crippen molar-refractivity contribution < 1.29 is 26.1 Å². The number of nitrogens with one attached hydrogen (secondary N) is 1. The van der Waals surface area contributed by atoms with Gasteiger partial charge in [0.2, 0.25) is 5.84 Å². The fourth-order valence-corrected chi connectivity index (χ4v) is 3.29. The molecule has 0 radical (unpaired) electrons. The van der Waals surface area contributed by atoms with Crippen LogP contribution < -0.4 is 10.5 Å². The third-order valence-corrected chi connectivity index (χ3v) is 5.17. The van der Waals surface area contributed by atoms with Crippen molar-refractivity contribution in [3.05, 3.63) is 36.3 Å². The van der Waals surface area contributed by atoms with E-state index in [1.165, 1.54) is 0 Å². The molecule has 0 aromatic rings. The Hall–Kier alpha value is -1.49. The highest BCUT2D eigenvalue weighted by Crippen LogP contribution is 2.29. The van der Waals surface area contributed by atoms with E-state index in [-0.39, 0.29) is 6.54 Å². The Morgan fingerprint density at radius 1 is 1.25 bits per heavy atom. The van der Waals surface area contributed by atoms with Crippen molar-refractivity contribution in [2.75, 3.05) is 19.6 Å². The van der Waals surface area contributed by atoms with Crippen molar-refractivity contribution in [2.45, 2.75) is 24.8 Å². The number of halogens is 3. The molecule has 2 aliphatic heterocycles. The number of fused-ring (bicyclic) bond motifs is 1. The lowest BCUT2D eigenvalue weighted by molar-refractivity contribution is -0.744. The van der Waals surface area contributed by atoms with Gasteiger partial charge in [-0.15, -0.1) is 0 Å². The van der Waals surface area contributed by atoms with Crippen LogP contribution in [0, 0.1) is 0 Å². The van der Waals surface area contributed by atoms with Crippen LogP contribution in [0.25, 0.3) is 0 Å². The molecule has 0 amide bonds. The van der Waals surface area contributed by atoms with E-state index in [2.05, 4.69) is 4.99 Å². The van der Waals surface area contributed by atoms with Gasteiger partial charge < -0.3 is 5.73 Å². The average molecular weight is 365 g/mol. The highest BCUT2D eigenvalue weighted by molar-refractivity contribution is 7.90. The molecule has 1 atom stereocenters. The number of rotatable bonds is 8. The average Bonchev–Trinajstić information content (AvgIpc) is 2.93. The first-order valence-electron chi connectivity index (χ1n) is 7.50. The molecule has 0 spiro atoms. The molecule has 134 valence electrons. The Bertz CT molecular complexity index is 695. The highest BCUT2D eigenvalue weighted by atomic mass is 32.2. The van der Waals surface area contributed by atoms with Gasteiger partial charge in [0, 0.05) is 12.6 Å². The number of alkyl halides is 3. The predicted octanol–water partition coefficient (Wildman–Crippen LogP) is 1.71. The molecule has 0 saturated carbocycles. The fourth-order valence-electron chi connectivity index (χ4n) is 2.72. The van der Waals surface area contributed by atoms with Crippen LogP contribution in [0.2, 0.25) is 0 Å². The van der Waals surface area contributed by atoms with Crippen molar-refractivity contribution in [3.8, 4) is 0 Å². The van der Waals surface area contributed by atoms with Crippen LogP contribution in [-0.2, 0) is 10.0 Å². The lowest BCUT2D eigenvalue weighted by atomic mass is 10.1. The van der Waals surface area contributed by atoms with Crippen LogP contribution in [0.1, 0.15) is 19.3 Å². The van der Waals surface area contributed by atoms with Crippen molar-refractivity contribution >= 4 is 15.9 Å². The summed E-state index contributed by atoms with van der Waals surface area (Å²) in [5.41, 5.74) is 1.52. The number of hydrogen-bond acceptors (Lipinski definition) is 4. The first-order valence-corrected chi connectivity index (χ1v) is 8.99. The minimum Gasteiger partial charge on any atom is -0.322 e. The SMILES string of the molecule is NCC1=CC=CC2=NC=C[N+]12CCCCCNS(=O)(=O)C(F)(F)F. The van der Waals surface area contributed by atoms with Crippen LogP contribution in [0.4, 0.5) is 13.2 Å². The molecule has 0 saturated heterocycles. The Labute approximate surface area is 138 Å². The number of quaternary nitrogens is 1. The van der Waals surface area contributed by atoms with Gasteiger partial charge in [0.1, 0.15) is 11.9 Å². The summed E-state index contributed by atoms with van der Waals surface area (Å²) >= 11 is 0. The lowest BCUT2D eigenvalue weighted by Crippen LogP contribution is -2.48. The van der Waals surface area contributed by atoms with Gasteiger partial charge in [0.05, 0.1) is 19.3 Å². The van der Waals surface area contributed by atoms with Gasteiger partial charge in [0.25, 0.3) is 0 Å². The van der Waals surface area contributed by atoms with E-state index in [4.69, 9.17) is 5.73 Å². The summed E-state index contributed by atoms with van der Waals surface area (Å²) < 4.78 is 60.3. The van der Waals surface area contributed by atoms with Crippen molar-refractivity contribution in [2.24, 2.45) is 10.7 Å². The monoisotopic (exact) mass is 365 g/mol. The van der Waals surface area contributed by atoms with Crippen LogP contribution in [-0.4, -0.2) is 43.9 Å². The molecule has 0 aromatic carbocycles. The maximum atomic E-state index is 12.2. The summed E-state index contributed by atoms with van der Waals surface area (Å²) in [7, 11) is -5.25. The number of nitrogens with zero attached hydrogens (tertiary/aromatic N) is 2. The molecule has 0 bridgehead atoms. The second-order valence-corrected chi connectivity index (χ2v) is 7.26. The zero-order chi connectivity index (χ0) is 17.8. The number of hydrogen-bond donors (Lipinski definition) is 2. The van der Waals surface area contributed by atoms with Gasteiger partial charge in [-0.25, -0.2) is 17.6 Å². The molecule has 6 nitrogen and oxygen atoms in total. The predicted molar refractivity (Wildman–Crippen MR) is 84.8 cm³/mol. The third kappa shape index (κ3) is 3.77. The molecular weight excluding hydrogens is 345 g/mol. The zero-order valence-electron chi connectivity index (χ0n) is 13.0. The third-order valence-electron chi connectivity index (χ3n) is 3.98. The molecule has 0 aliphatic carbocycles. The summed E-state index contributed by atoms with van der Waals surface area (Å²) in [6, 6.07) is 0. The van der Waals surface area contributed by atoms with Gasteiger partial charge in [-0.05, 0) is 31.4 Å². The molecule has 10 heteroatoms. The van der Waals surface area contributed by atoms with Gasteiger partial charge in [-0.2, -0.15) is 18.2 Å². The molecule has 0 aromatic heterocycles. The minimum absolute atomic E-state index is 0.238. The second-order valence-electron chi connectivity index (χ2n) is 5.50. The Balaban J connectivity index is 1.81. The van der Waals surface area contributed by atoms with E-state index in [1.54, 1.807) is 10.9 Å². The molecular formula is C14H20F3N4O2S+. The number of unbranched alkanes of at least 4 members (excludes halogenated alkanes) is 2. The van der Waals surface area contributed by atoms with Crippen LogP contribution in [0.3, 0.4) is 0 Å². The van der Waals surface area contributed by atoms with Gasteiger partial charge in [0.15, 0.2) is 0 Å². The largest absolute Gasteiger partial charge is 0.511 e. The number of allylic oxidation sites excluding steroid dienone is 2. The van der Waals surface area contributed by atoms with Crippen LogP contribution in [0.5, 0.6) is 0 Å². The first kappa shape index (κ1) is 18.8. The maximum absolute atomic E-state index is 12.2. The highest BCUT2D eigenvalue weighted by Gasteiger charge is 2.45. The van der Waals surface area contributed by atoms with Crippen molar-refractivity contribution in [1.82, 2.24) is 4.72 Å². The number of amidine groups is 1. The van der Waals surface area contributed by atoms with Gasteiger partial charge in [-0.3, -0.25) is 0 Å². The van der Waals surface area contributed by atoms with E-state index in [0.717, 1.165) is 11.5 Å². The van der Waals surface area contributed by atoms with Gasteiger partial charge in [-0.1, -0.05) is 0 Å². The van der Waals surface area contributed by atoms with Crippen molar-refractivity contribution in [1.29, 1.82) is 0 Å². The lowest BCUT2D eigenvalue weighted by Gasteiger charge is -2.34. The quantitative estimate of drug-likeness (QED) is 0.507. The molecule has 3 N–H and O–H groups in total. The van der Waals surface area contributed by atoms with Crippen molar-refractivity contribution in [3.63, 3.8) is 0 Å². The normalized spacial score (nSPS) is 23.2. The standard InChI is InChI=1S/C14H20F3N4O2S/c15-14(16,17)24(22,23)20-7-2-1-3-9-21-10-8-19-13(21)6-4-5-12(21)11-18/h4-6,8,10,20H,1-3,7,9,11,18H2/q+1. The number of sulfonamides is 1. The molecule has 2 aliphatic rings.